The first-order chi connectivity index (χ1) is 11.7. The largest absolute Gasteiger partial charge is 0.477 e. The lowest BCUT2D eigenvalue weighted by Crippen LogP contribution is -2.68. The molecule has 0 unspecified atom stereocenters. The summed E-state index contributed by atoms with van der Waals surface area (Å²) in [5.41, 5.74) is 6.03. The summed E-state index contributed by atoms with van der Waals surface area (Å²) in [5, 5.41) is 19.6. The van der Waals surface area contributed by atoms with Crippen molar-refractivity contribution in [3.05, 3.63) is 11.3 Å². The van der Waals surface area contributed by atoms with Crippen molar-refractivity contribution in [3.8, 4) is 0 Å². The van der Waals surface area contributed by atoms with Gasteiger partial charge in [0.15, 0.2) is 5.88 Å². The maximum atomic E-state index is 11.9. The van der Waals surface area contributed by atoms with E-state index in [1.807, 2.05) is 0 Å². The lowest BCUT2D eigenvalue weighted by Gasteiger charge is -2.48. The minimum absolute atomic E-state index is 0.0913. The third-order valence-corrected chi connectivity index (χ3v) is 6.43. The number of aliphatic carboxylic acids is 1. The Balaban J connectivity index is 1.79. The highest BCUT2D eigenvalue weighted by Crippen LogP contribution is 2.40. The van der Waals surface area contributed by atoms with Gasteiger partial charge in [-0.15, -0.1) is 16.9 Å². The Hall–Kier alpha value is -1.68. The first-order valence-electron chi connectivity index (χ1n) is 6.68. The lowest BCUT2D eigenvalue weighted by molar-refractivity contribution is -0.147. The lowest BCUT2D eigenvalue weighted by atomic mass is 10.0. The average molecular weight is 408 g/mol. The van der Waals surface area contributed by atoms with Gasteiger partial charge in [0.2, 0.25) is 11.1 Å². The zero-order valence-corrected chi connectivity index (χ0v) is 14.8. The molecule has 0 aliphatic carbocycles. The van der Waals surface area contributed by atoms with Crippen LogP contribution < -0.4 is 5.73 Å². The summed E-state index contributed by atoms with van der Waals surface area (Å²) in [5.74, 6) is -2.02. The number of nitrogens with zero attached hydrogens (tertiary/aromatic N) is 5. The number of β-lactam (4-membered cyclic amide) rings is 1. The molecule has 15 heteroatoms. The van der Waals surface area contributed by atoms with Crippen molar-refractivity contribution in [3.63, 3.8) is 0 Å². The molecule has 1 aromatic rings. The van der Waals surface area contributed by atoms with Crippen molar-refractivity contribution in [1.29, 1.82) is 0 Å². The summed E-state index contributed by atoms with van der Waals surface area (Å²) < 4.78 is 31.6. The fraction of sp³-hybridized carbons (Fsp3) is 0.500. The van der Waals surface area contributed by atoms with Gasteiger partial charge in [-0.3, -0.25) is 14.2 Å². The number of tetrazole rings is 1. The van der Waals surface area contributed by atoms with Crippen molar-refractivity contribution in [2.24, 2.45) is 5.73 Å². The Kier molecular flexibility index (Phi) is 4.76. The summed E-state index contributed by atoms with van der Waals surface area (Å²) in [6, 6.07) is -0.712. The van der Waals surface area contributed by atoms with E-state index in [0.29, 0.717) is 11.3 Å². The Labute approximate surface area is 149 Å². The molecule has 0 bridgehead atoms. The molecule has 1 aromatic heterocycles. The SMILES string of the molecule is N[C@@H]1C(=O)N2C(C(=O)O)=C(CSc3nnnn3CS(=O)(=O)O)CS[C@H]12. The smallest absolute Gasteiger partial charge is 0.352 e. The van der Waals surface area contributed by atoms with Crippen LogP contribution >= 0.6 is 23.5 Å². The van der Waals surface area contributed by atoms with Gasteiger partial charge >= 0.3 is 5.97 Å². The van der Waals surface area contributed by atoms with Crippen LogP contribution in [0.4, 0.5) is 0 Å². The molecule has 0 radical (unpaired) electrons. The third-order valence-electron chi connectivity index (χ3n) is 3.45. The number of rotatable bonds is 6. The number of hydrogen-bond acceptors (Lipinski definition) is 10. The van der Waals surface area contributed by atoms with Crippen molar-refractivity contribution < 1.29 is 27.7 Å². The molecular formula is C10H12N6O6S3. The molecule has 1 saturated heterocycles. The van der Waals surface area contributed by atoms with E-state index >= 15 is 0 Å². The van der Waals surface area contributed by atoms with Gasteiger partial charge in [-0.1, -0.05) is 11.8 Å². The molecule has 2 aliphatic rings. The summed E-state index contributed by atoms with van der Waals surface area (Å²) in [4.78, 5) is 24.6. The molecular weight excluding hydrogens is 396 g/mol. The zero-order chi connectivity index (χ0) is 18.4. The topological polar surface area (TPSA) is 182 Å². The molecule has 0 aromatic carbocycles. The predicted octanol–water partition coefficient (Wildman–Crippen LogP) is -1.81. The van der Waals surface area contributed by atoms with E-state index in [-0.39, 0.29) is 16.6 Å². The number of nitrogens with two attached hydrogens (primary N) is 1. The molecule has 12 nitrogen and oxygen atoms in total. The van der Waals surface area contributed by atoms with E-state index < -0.39 is 39.3 Å². The third kappa shape index (κ3) is 3.50. The molecule has 136 valence electrons. The number of aromatic nitrogens is 4. The molecule has 2 aliphatic heterocycles. The van der Waals surface area contributed by atoms with Crippen LogP contribution in [0.15, 0.2) is 16.4 Å². The van der Waals surface area contributed by atoms with Gasteiger partial charge in [0, 0.05) is 11.5 Å². The number of amides is 1. The normalized spacial score (nSPS) is 23.4. The van der Waals surface area contributed by atoms with Crippen molar-refractivity contribution in [2.75, 3.05) is 11.5 Å². The molecule has 3 rings (SSSR count). The molecule has 0 spiro atoms. The number of carbonyl (C=O) groups excluding carboxylic acids is 1. The predicted molar refractivity (Wildman–Crippen MR) is 85.8 cm³/mol. The number of fused-ring (bicyclic) bond motifs is 1. The highest BCUT2D eigenvalue weighted by molar-refractivity contribution is 8.01. The van der Waals surface area contributed by atoms with E-state index in [1.165, 1.54) is 11.8 Å². The van der Waals surface area contributed by atoms with Crippen LogP contribution in [-0.4, -0.2) is 78.0 Å². The number of carboxylic acid groups (broad SMARTS) is 1. The molecule has 1 amide bonds. The Morgan fingerprint density at radius 2 is 2.20 bits per heavy atom. The first-order valence-corrected chi connectivity index (χ1v) is 10.3. The molecule has 3 heterocycles. The van der Waals surface area contributed by atoms with E-state index in [0.717, 1.165) is 21.3 Å². The zero-order valence-electron chi connectivity index (χ0n) is 12.3. The maximum Gasteiger partial charge on any atom is 0.352 e. The van der Waals surface area contributed by atoms with Crippen LogP contribution in [0.2, 0.25) is 0 Å². The highest BCUT2D eigenvalue weighted by atomic mass is 32.2. The quantitative estimate of drug-likeness (QED) is 0.273. The number of carboxylic acids is 1. The second-order valence-corrected chi connectivity index (χ2v) is 8.62. The molecule has 25 heavy (non-hydrogen) atoms. The van der Waals surface area contributed by atoms with Crippen LogP contribution in [-0.2, 0) is 25.6 Å². The van der Waals surface area contributed by atoms with Gasteiger partial charge in [0.05, 0.1) is 0 Å². The fourth-order valence-corrected chi connectivity index (χ4v) is 5.25. The van der Waals surface area contributed by atoms with Gasteiger partial charge in [-0.05, 0) is 16.0 Å². The van der Waals surface area contributed by atoms with Crippen LogP contribution in [0.3, 0.4) is 0 Å². The van der Waals surface area contributed by atoms with E-state index in [1.54, 1.807) is 0 Å². The summed E-state index contributed by atoms with van der Waals surface area (Å²) in [6.07, 6.45) is 0. The minimum atomic E-state index is -4.33. The number of hydrogen-bond donors (Lipinski definition) is 3. The molecule has 0 saturated carbocycles. The fourth-order valence-electron chi connectivity index (χ4n) is 2.38. The van der Waals surface area contributed by atoms with Crippen LogP contribution in [0.1, 0.15) is 0 Å². The second kappa shape index (κ2) is 6.56. The van der Waals surface area contributed by atoms with Gasteiger partial charge < -0.3 is 10.8 Å². The van der Waals surface area contributed by atoms with Crippen molar-refractivity contribution in [1.82, 2.24) is 25.1 Å². The monoisotopic (exact) mass is 408 g/mol. The van der Waals surface area contributed by atoms with E-state index in [9.17, 15) is 23.1 Å². The number of carbonyl (C=O) groups is 2. The summed E-state index contributed by atoms with van der Waals surface area (Å²) in [7, 11) is -4.33. The summed E-state index contributed by atoms with van der Waals surface area (Å²) in [6.45, 7) is 0. The van der Waals surface area contributed by atoms with Gasteiger partial charge in [-0.2, -0.15) is 8.42 Å². The highest BCUT2D eigenvalue weighted by Gasteiger charge is 2.51. The Bertz CT molecular complexity index is 866. The van der Waals surface area contributed by atoms with Crippen molar-refractivity contribution in [2.45, 2.75) is 22.4 Å². The Morgan fingerprint density at radius 1 is 1.48 bits per heavy atom. The van der Waals surface area contributed by atoms with Gasteiger partial charge in [-0.25, -0.2) is 9.48 Å². The van der Waals surface area contributed by atoms with Gasteiger partial charge in [0.1, 0.15) is 17.1 Å². The summed E-state index contributed by atoms with van der Waals surface area (Å²) >= 11 is 2.36. The number of thioether (sulfide) groups is 2. The molecule has 1 fully saturated rings. The van der Waals surface area contributed by atoms with Crippen molar-refractivity contribution >= 4 is 45.5 Å². The van der Waals surface area contributed by atoms with E-state index in [2.05, 4.69) is 15.5 Å². The minimum Gasteiger partial charge on any atom is -0.477 e. The van der Waals surface area contributed by atoms with E-state index in [4.69, 9.17) is 10.3 Å². The van der Waals surface area contributed by atoms with Crippen LogP contribution in [0, 0.1) is 0 Å². The maximum absolute atomic E-state index is 11.9. The molecule has 4 N–H and O–H groups in total. The Morgan fingerprint density at radius 3 is 2.84 bits per heavy atom. The second-order valence-electron chi connectivity index (χ2n) is 5.15. The standard InChI is InChI=1S/C10H12N6O6S3/c11-5-7(17)16-6(9(18)19)4(1-23-8(5)16)2-24-10-12-13-14-15(10)3-25(20,21)22/h5,8H,1-3,11H2,(H,18,19)(H,20,21,22)/t5-,8-/m1/s1. The van der Waals surface area contributed by atoms with Crippen LogP contribution in [0.25, 0.3) is 0 Å². The average Bonchev–Trinajstić information content (AvgIpc) is 2.96. The molecule has 2 atom stereocenters. The first kappa shape index (κ1) is 18.1. The van der Waals surface area contributed by atoms with Crippen LogP contribution in [0.5, 0.6) is 0 Å². The van der Waals surface area contributed by atoms with Gasteiger partial charge in [0.25, 0.3) is 10.1 Å².